The van der Waals surface area contributed by atoms with Crippen molar-refractivity contribution in [3.05, 3.63) is 95.2 Å². The number of piperazine rings is 1. The number of halogens is 1. The molecule has 1 saturated heterocycles. The number of H-pyrrole nitrogens is 1. The minimum absolute atomic E-state index is 0.00623. The standard InChI is InChI=1S/C36H42FN7O3/c1-24-20-33(43-42-24)35(46)41-30-13-11-29(12-14-30)40-34(45)32-22-28(37)23-39-36(32)47-31-6-2-5-27(21-31)26-9-7-25(8-10-26)4-3-17-44-18-15-38-16-19-44/h2,5-10,20-23,29-30,38H,3-4,11-19H2,1H3,(H,40,45)(H,41,46)(H,42,43). The molecule has 2 aliphatic rings. The fourth-order valence-corrected chi connectivity index (χ4v) is 6.27. The van der Waals surface area contributed by atoms with Crippen LogP contribution >= 0.6 is 0 Å². The molecule has 47 heavy (non-hydrogen) atoms. The quantitative estimate of drug-likeness (QED) is 0.182. The van der Waals surface area contributed by atoms with Crippen molar-refractivity contribution in [3.63, 3.8) is 0 Å². The molecule has 11 heteroatoms. The Morgan fingerprint density at radius 3 is 2.36 bits per heavy atom. The molecule has 1 saturated carbocycles. The van der Waals surface area contributed by atoms with Gasteiger partial charge in [-0.25, -0.2) is 9.37 Å². The molecule has 2 aromatic carbocycles. The Kier molecular flexibility index (Phi) is 10.5. The van der Waals surface area contributed by atoms with Crippen molar-refractivity contribution in [2.75, 3.05) is 32.7 Å². The maximum Gasteiger partial charge on any atom is 0.271 e. The number of carbonyl (C=O) groups excluding carboxylic acids is 2. The third kappa shape index (κ3) is 8.81. The van der Waals surface area contributed by atoms with Gasteiger partial charge in [0.25, 0.3) is 11.8 Å². The number of rotatable bonds is 11. The number of amides is 2. The molecule has 0 atom stereocenters. The summed E-state index contributed by atoms with van der Waals surface area (Å²) >= 11 is 0. The van der Waals surface area contributed by atoms with Gasteiger partial charge in [-0.1, -0.05) is 36.4 Å². The van der Waals surface area contributed by atoms with E-state index in [1.807, 2.05) is 25.1 Å². The second kappa shape index (κ2) is 15.3. The van der Waals surface area contributed by atoms with Crippen molar-refractivity contribution < 1.29 is 18.7 Å². The van der Waals surface area contributed by atoms with Crippen molar-refractivity contribution in [1.29, 1.82) is 0 Å². The number of hydrogen-bond acceptors (Lipinski definition) is 7. The summed E-state index contributed by atoms with van der Waals surface area (Å²) < 4.78 is 20.4. The van der Waals surface area contributed by atoms with Gasteiger partial charge in [0.2, 0.25) is 5.88 Å². The first-order valence-corrected chi connectivity index (χ1v) is 16.5. The van der Waals surface area contributed by atoms with Crippen molar-refractivity contribution >= 4 is 11.8 Å². The van der Waals surface area contributed by atoms with Gasteiger partial charge in [0.05, 0.1) is 6.20 Å². The highest BCUT2D eigenvalue weighted by molar-refractivity contribution is 5.96. The first-order valence-electron chi connectivity index (χ1n) is 16.5. The van der Waals surface area contributed by atoms with Gasteiger partial charge in [0.15, 0.2) is 0 Å². The SMILES string of the molecule is Cc1cc(C(=O)NC2CCC(NC(=O)c3cc(F)cnc3Oc3cccc(-c4ccc(CCCN5CCNCC5)cc4)c3)CC2)n[nH]1. The molecule has 4 N–H and O–H groups in total. The van der Waals surface area contributed by atoms with Crippen LogP contribution in [0.2, 0.25) is 0 Å². The molecule has 4 aromatic rings. The smallest absolute Gasteiger partial charge is 0.271 e. The Morgan fingerprint density at radius 1 is 0.936 bits per heavy atom. The van der Waals surface area contributed by atoms with Gasteiger partial charge in [-0.3, -0.25) is 14.7 Å². The fraction of sp³-hybridized carbons (Fsp3) is 0.389. The number of aromatic amines is 1. The van der Waals surface area contributed by atoms with E-state index >= 15 is 0 Å². The van der Waals surface area contributed by atoms with Crippen LogP contribution in [-0.2, 0) is 6.42 Å². The van der Waals surface area contributed by atoms with Gasteiger partial charge in [0, 0.05) is 44.0 Å². The highest BCUT2D eigenvalue weighted by Gasteiger charge is 2.26. The molecule has 0 unspecified atom stereocenters. The topological polar surface area (TPSA) is 124 Å². The van der Waals surface area contributed by atoms with Crippen LogP contribution in [0.1, 0.15) is 64.2 Å². The number of aromatic nitrogens is 3. The lowest BCUT2D eigenvalue weighted by atomic mass is 9.91. The Labute approximate surface area is 274 Å². The van der Waals surface area contributed by atoms with Crippen molar-refractivity contribution in [1.82, 2.24) is 36.0 Å². The largest absolute Gasteiger partial charge is 0.438 e. The van der Waals surface area contributed by atoms with Gasteiger partial charge in [-0.15, -0.1) is 0 Å². The summed E-state index contributed by atoms with van der Waals surface area (Å²) in [5.74, 6) is -0.748. The zero-order valence-corrected chi connectivity index (χ0v) is 26.7. The molecule has 1 aliphatic carbocycles. The predicted octanol–water partition coefficient (Wildman–Crippen LogP) is 5.02. The highest BCUT2D eigenvalue weighted by Crippen LogP contribution is 2.29. The van der Waals surface area contributed by atoms with E-state index in [0.29, 0.717) is 37.1 Å². The minimum atomic E-state index is -0.621. The number of hydrogen-bond donors (Lipinski definition) is 4. The molecule has 0 radical (unpaired) electrons. The molecule has 2 fully saturated rings. The lowest BCUT2D eigenvalue weighted by molar-refractivity contribution is 0.0887. The normalized spacial score (nSPS) is 18.4. The molecule has 0 spiro atoms. The summed E-state index contributed by atoms with van der Waals surface area (Å²) in [6, 6.07) is 18.9. The molecule has 2 aromatic heterocycles. The molecule has 2 amide bonds. The number of carbonyl (C=O) groups is 2. The second-order valence-corrected chi connectivity index (χ2v) is 12.5. The summed E-state index contributed by atoms with van der Waals surface area (Å²) in [4.78, 5) is 32.4. The first-order chi connectivity index (χ1) is 22.9. The minimum Gasteiger partial charge on any atom is -0.438 e. The number of pyridine rings is 1. The van der Waals surface area contributed by atoms with Crippen LogP contribution in [0, 0.1) is 12.7 Å². The van der Waals surface area contributed by atoms with Gasteiger partial charge in [-0.2, -0.15) is 5.10 Å². The predicted molar refractivity (Wildman–Crippen MR) is 178 cm³/mol. The van der Waals surface area contributed by atoms with Crippen LogP contribution in [-0.4, -0.2) is 76.7 Å². The number of benzene rings is 2. The summed E-state index contributed by atoms with van der Waals surface area (Å²) in [5.41, 5.74) is 4.54. The van der Waals surface area contributed by atoms with Crippen LogP contribution in [0.4, 0.5) is 4.39 Å². The Morgan fingerprint density at radius 2 is 1.66 bits per heavy atom. The van der Waals surface area contributed by atoms with Crippen LogP contribution in [0.25, 0.3) is 11.1 Å². The van der Waals surface area contributed by atoms with Crippen LogP contribution in [0.5, 0.6) is 11.6 Å². The average Bonchev–Trinajstić information content (AvgIpc) is 3.54. The molecule has 246 valence electrons. The van der Waals surface area contributed by atoms with Crippen molar-refractivity contribution in [3.8, 4) is 22.8 Å². The third-order valence-corrected chi connectivity index (χ3v) is 8.88. The van der Waals surface area contributed by atoms with E-state index in [-0.39, 0.29) is 29.4 Å². The van der Waals surface area contributed by atoms with E-state index in [4.69, 9.17) is 4.74 Å². The van der Waals surface area contributed by atoms with Crippen LogP contribution in [0.3, 0.4) is 0 Å². The Balaban J connectivity index is 1.03. The summed E-state index contributed by atoms with van der Waals surface area (Å²) in [5, 5.41) is 16.2. The maximum absolute atomic E-state index is 14.3. The van der Waals surface area contributed by atoms with Gasteiger partial charge in [0.1, 0.15) is 22.8 Å². The summed E-state index contributed by atoms with van der Waals surface area (Å²) in [7, 11) is 0. The molecule has 3 heterocycles. The summed E-state index contributed by atoms with van der Waals surface area (Å²) in [6.07, 6.45) is 5.97. The Bertz CT molecular complexity index is 1660. The van der Waals surface area contributed by atoms with E-state index in [1.54, 1.807) is 12.1 Å². The highest BCUT2D eigenvalue weighted by atomic mass is 19.1. The van der Waals surface area contributed by atoms with Crippen molar-refractivity contribution in [2.24, 2.45) is 0 Å². The van der Waals surface area contributed by atoms with Gasteiger partial charge < -0.3 is 25.6 Å². The molecule has 10 nitrogen and oxygen atoms in total. The number of aryl methyl sites for hydroxylation is 2. The zero-order chi connectivity index (χ0) is 32.6. The van der Waals surface area contributed by atoms with Crippen LogP contribution < -0.4 is 20.7 Å². The lowest BCUT2D eigenvalue weighted by Crippen LogP contribution is -2.44. The third-order valence-electron chi connectivity index (χ3n) is 8.88. The fourth-order valence-electron chi connectivity index (χ4n) is 6.27. The molecule has 1 aliphatic heterocycles. The van der Waals surface area contributed by atoms with E-state index in [0.717, 1.165) is 74.6 Å². The molecule has 0 bridgehead atoms. The number of nitrogens with zero attached hydrogens (tertiary/aromatic N) is 3. The van der Waals surface area contributed by atoms with Crippen LogP contribution in [0.15, 0.2) is 66.9 Å². The van der Waals surface area contributed by atoms with E-state index < -0.39 is 11.7 Å². The number of nitrogens with one attached hydrogen (secondary N) is 4. The zero-order valence-electron chi connectivity index (χ0n) is 26.7. The lowest BCUT2D eigenvalue weighted by Gasteiger charge is -2.29. The van der Waals surface area contributed by atoms with E-state index in [2.05, 4.69) is 60.3 Å². The number of ether oxygens (including phenoxy) is 1. The van der Waals surface area contributed by atoms with Gasteiger partial charge >= 0.3 is 0 Å². The molecule has 6 rings (SSSR count). The summed E-state index contributed by atoms with van der Waals surface area (Å²) in [6.45, 7) is 7.34. The maximum atomic E-state index is 14.3. The molecular formula is C36H42FN7O3. The molecular weight excluding hydrogens is 597 g/mol. The van der Waals surface area contributed by atoms with Crippen molar-refractivity contribution in [2.45, 2.75) is 57.5 Å². The van der Waals surface area contributed by atoms with E-state index in [9.17, 15) is 14.0 Å². The average molecular weight is 640 g/mol. The van der Waals surface area contributed by atoms with E-state index in [1.165, 1.54) is 5.56 Å². The monoisotopic (exact) mass is 639 g/mol. The Hall–Kier alpha value is -4.61. The van der Waals surface area contributed by atoms with Gasteiger partial charge in [-0.05, 0) is 92.9 Å². The first kappa shape index (κ1) is 32.3. The second-order valence-electron chi connectivity index (χ2n) is 12.5.